The maximum Gasteiger partial charge on any atom is 0.261 e. The largest absolute Gasteiger partial charge is 0.479 e. The number of anilines is 1. The van der Waals surface area contributed by atoms with E-state index in [4.69, 9.17) is 9.26 Å². The Labute approximate surface area is 182 Å². The van der Waals surface area contributed by atoms with Crippen molar-refractivity contribution in [2.75, 3.05) is 12.4 Å². The molecular formula is C23H18N6O3. The molecule has 158 valence electrons. The van der Waals surface area contributed by atoms with E-state index in [1.165, 1.54) is 7.11 Å². The Morgan fingerprint density at radius 1 is 1.03 bits per heavy atom. The number of carbonyl (C=O) groups is 1. The Morgan fingerprint density at radius 2 is 1.81 bits per heavy atom. The van der Waals surface area contributed by atoms with Crippen molar-refractivity contribution in [2.45, 2.75) is 6.92 Å². The van der Waals surface area contributed by atoms with Gasteiger partial charge in [-0.25, -0.2) is 15.0 Å². The van der Waals surface area contributed by atoms with Crippen LogP contribution >= 0.6 is 0 Å². The SMILES string of the molecule is COc1nc(-c2nccn3ccnc23)ccc1NC(=O)c1c(-c2ccccc2)noc1C. The summed E-state index contributed by atoms with van der Waals surface area (Å²) in [5.41, 5.74) is 3.87. The summed E-state index contributed by atoms with van der Waals surface area (Å²) in [6, 6.07) is 12.9. The summed E-state index contributed by atoms with van der Waals surface area (Å²) >= 11 is 0. The highest BCUT2D eigenvalue weighted by Gasteiger charge is 2.23. The molecule has 0 saturated carbocycles. The molecule has 1 amide bonds. The van der Waals surface area contributed by atoms with Gasteiger partial charge in [0, 0.05) is 30.4 Å². The van der Waals surface area contributed by atoms with Crippen LogP contribution in [0, 0.1) is 6.92 Å². The summed E-state index contributed by atoms with van der Waals surface area (Å²) in [4.78, 5) is 26.4. The number of rotatable bonds is 5. The molecule has 0 saturated heterocycles. The molecule has 0 unspecified atom stereocenters. The van der Waals surface area contributed by atoms with Crippen molar-refractivity contribution in [3.63, 3.8) is 0 Å². The molecule has 4 aromatic heterocycles. The van der Waals surface area contributed by atoms with Gasteiger partial charge in [-0.3, -0.25) is 4.79 Å². The van der Waals surface area contributed by atoms with Crippen LogP contribution in [-0.2, 0) is 0 Å². The number of aromatic nitrogens is 5. The van der Waals surface area contributed by atoms with Gasteiger partial charge in [-0.1, -0.05) is 35.5 Å². The number of aryl methyl sites for hydroxylation is 1. The van der Waals surface area contributed by atoms with Gasteiger partial charge in [0.05, 0.1) is 12.8 Å². The molecule has 0 aliphatic carbocycles. The molecule has 0 spiro atoms. The predicted molar refractivity (Wildman–Crippen MR) is 117 cm³/mol. The smallest absolute Gasteiger partial charge is 0.261 e. The van der Waals surface area contributed by atoms with Crippen LogP contribution < -0.4 is 10.1 Å². The number of pyridine rings is 1. The van der Waals surface area contributed by atoms with Crippen LogP contribution in [0.15, 0.2) is 71.8 Å². The number of hydrogen-bond acceptors (Lipinski definition) is 7. The van der Waals surface area contributed by atoms with Gasteiger partial charge in [-0.2, -0.15) is 0 Å². The second kappa shape index (κ2) is 7.95. The summed E-state index contributed by atoms with van der Waals surface area (Å²) in [5, 5.41) is 6.93. The van der Waals surface area contributed by atoms with E-state index in [0.29, 0.717) is 39.7 Å². The first-order valence-electron chi connectivity index (χ1n) is 9.82. The lowest BCUT2D eigenvalue weighted by atomic mass is 10.1. The molecule has 32 heavy (non-hydrogen) atoms. The lowest BCUT2D eigenvalue weighted by molar-refractivity contribution is 0.102. The average molecular weight is 426 g/mol. The average Bonchev–Trinajstić information content (AvgIpc) is 3.46. The van der Waals surface area contributed by atoms with Crippen LogP contribution in [0.4, 0.5) is 5.69 Å². The number of hydrogen-bond donors (Lipinski definition) is 1. The van der Waals surface area contributed by atoms with Gasteiger partial charge in [-0.15, -0.1) is 0 Å². The standard InChI is InChI=1S/C23H18N6O3/c1-14-18(19(28-32-14)15-6-4-3-5-7-15)22(30)26-17-9-8-16(27-23(17)31-2)20-21-25-11-13-29(21)12-10-24-20/h3-13H,1-2H3,(H,26,30). The third-order valence-corrected chi connectivity index (χ3v) is 4.99. The lowest BCUT2D eigenvalue weighted by Gasteiger charge is -2.11. The summed E-state index contributed by atoms with van der Waals surface area (Å²) < 4.78 is 12.6. The predicted octanol–water partition coefficient (Wildman–Crippen LogP) is 4.02. The van der Waals surface area contributed by atoms with Gasteiger partial charge in [-0.05, 0) is 19.1 Å². The van der Waals surface area contributed by atoms with Crippen LogP contribution in [-0.4, -0.2) is 37.5 Å². The summed E-state index contributed by atoms with van der Waals surface area (Å²) in [6.07, 6.45) is 7.01. The Kier molecular flexibility index (Phi) is 4.83. The zero-order chi connectivity index (χ0) is 22.1. The molecule has 1 aromatic carbocycles. The molecular weight excluding hydrogens is 408 g/mol. The van der Waals surface area contributed by atoms with E-state index < -0.39 is 0 Å². The molecule has 0 fully saturated rings. The molecule has 0 radical (unpaired) electrons. The third-order valence-electron chi connectivity index (χ3n) is 4.99. The number of carbonyl (C=O) groups excluding carboxylic acids is 1. The molecule has 0 bridgehead atoms. The second-order valence-corrected chi connectivity index (χ2v) is 6.97. The zero-order valence-corrected chi connectivity index (χ0v) is 17.3. The Balaban J connectivity index is 1.49. The molecule has 4 heterocycles. The lowest BCUT2D eigenvalue weighted by Crippen LogP contribution is -2.14. The maximum atomic E-state index is 13.1. The topological polar surface area (TPSA) is 107 Å². The zero-order valence-electron chi connectivity index (χ0n) is 17.3. The summed E-state index contributed by atoms with van der Waals surface area (Å²) in [7, 11) is 1.49. The molecule has 5 aromatic rings. The fourth-order valence-corrected chi connectivity index (χ4v) is 3.48. The first-order valence-corrected chi connectivity index (χ1v) is 9.82. The fraction of sp³-hybridized carbons (Fsp3) is 0.0870. The summed E-state index contributed by atoms with van der Waals surface area (Å²) in [6.45, 7) is 1.70. The van der Waals surface area contributed by atoms with Crippen molar-refractivity contribution in [3.8, 4) is 28.5 Å². The molecule has 0 atom stereocenters. The minimum absolute atomic E-state index is 0.251. The van der Waals surface area contributed by atoms with Crippen molar-refractivity contribution in [1.82, 2.24) is 24.5 Å². The van der Waals surface area contributed by atoms with Crippen molar-refractivity contribution in [1.29, 1.82) is 0 Å². The number of nitrogens with zero attached hydrogens (tertiary/aromatic N) is 5. The van der Waals surface area contributed by atoms with Crippen LogP contribution in [0.1, 0.15) is 16.1 Å². The first-order chi connectivity index (χ1) is 15.7. The van der Waals surface area contributed by atoms with E-state index in [-0.39, 0.29) is 11.8 Å². The van der Waals surface area contributed by atoms with Gasteiger partial charge in [0.15, 0.2) is 5.65 Å². The van der Waals surface area contributed by atoms with Crippen LogP contribution in [0.25, 0.3) is 28.3 Å². The molecule has 1 N–H and O–H groups in total. The first kappa shape index (κ1) is 19.4. The number of imidazole rings is 1. The Bertz CT molecular complexity index is 1420. The van der Waals surface area contributed by atoms with Crippen LogP contribution in [0.3, 0.4) is 0 Å². The normalized spacial score (nSPS) is 10.9. The highest BCUT2D eigenvalue weighted by molar-refractivity contribution is 6.09. The number of ether oxygens (including phenoxy) is 1. The van der Waals surface area contributed by atoms with E-state index in [2.05, 4.69) is 25.4 Å². The minimum Gasteiger partial charge on any atom is -0.479 e. The van der Waals surface area contributed by atoms with E-state index in [9.17, 15) is 4.79 Å². The minimum atomic E-state index is -0.371. The Hall–Kier alpha value is -4.53. The van der Waals surface area contributed by atoms with Crippen LogP contribution in [0.2, 0.25) is 0 Å². The van der Waals surface area contributed by atoms with E-state index in [1.807, 2.05) is 47.1 Å². The molecule has 9 nitrogen and oxygen atoms in total. The van der Waals surface area contributed by atoms with Crippen molar-refractivity contribution in [3.05, 3.63) is 78.6 Å². The number of nitrogens with one attached hydrogen (secondary N) is 1. The Morgan fingerprint density at radius 3 is 2.59 bits per heavy atom. The van der Waals surface area contributed by atoms with Gasteiger partial charge in [0.2, 0.25) is 5.88 Å². The van der Waals surface area contributed by atoms with E-state index in [1.54, 1.807) is 31.5 Å². The van der Waals surface area contributed by atoms with Crippen molar-refractivity contribution >= 4 is 17.2 Å². The van der Waals surface area contributed by atoms with Crippen molar-refractivity contribution < 1.29 is 14.1 Å². The van der Waals surface area contributed by atoms with Gasteiger partial charge >= 0.3 is 0 Å². The van der Waals surface area contributed by atoms with Gasteiger partial charge in [0.1, 0.15) is 28.4 Å². The van der Waals surface area contributed by atoms with Crippen molar-refractivity contribution in [2.24, 2.45) is 0 Å². The highest BCUT2D eigenvalue weighted by atomic mass is 16.5. The molecule has 5 rings (SSSR count). The fourth-order valence-electron chi connectivity index (χ4n) is 3.48. The molecule has 0 aliphatic heterocycles. The second-order valence-electron chi connectivity index (χ2n) is 6.97. The number of fused-ring (bicyclic) bond motifs is 1. The number of methoxy groups -OCH3 is 1. The summed E-state index contributed by atoms with van der Waals surface area (Å²) in [5.74, 6) is 0.297. The van der Waals surface area contributed by atoms with Gasteiger partial charge in [0.25, 0.3) is 5.91 Å². The van der Waals surface area contributed by atoms with Gasteiger partial charge < -0.3 is 19.0 Å². The van der Waals surface area contributed by atoms with E-state index >= 15 is 0 Å². The number of amides is 1. The quantitative estimate of drug-likeness (QED) is 0.452. The molecule has 0 aliphatic rings. The highest BCUT2D eigenvalue weighted by Crippen LogP contribution is 2.30. The maximum absolute atomic E-state index is 13.1. The number of benzene rings is 1. The van der Waals surface area contributed by atoms with Crippen LogP contribution in [0.5, 0.6) is 5.88 Å². The van der Waals surface area contributed by atoms with E-state index in [0.717, 1.165) is 5.56 Å². The molecule has 9 heteroatoms. The third kappa shape index (κ3) is 3.35. The monoisotopic (exact) mass is 426 g/mol.